The second kappa shape index (κ2) is 6.89. The van der Waals surface area contributed by atoms with Gasteiger partial charge in [-0.25, -0.2) is 4.79 Å². The molecule has 24 heavy (non-hydrogen) atoms. The summed E-state index contributed by atoms with van der Waals surface area (Å²) in [5.41, 5.74) is 7.01. The normalized spacial score (nSPS) is 16.6. The number of carbonyl (C=O) groups excluding carboxylic acids is 1. The average molecular weight is 336 g/mol. The molecule has 6 heteroatoms. The maximum Gasteiger partial charge on any atom is 0.412 e. The Bertz CT molecular complexity index is 602. The Hall–Kier alpha value is -1.95. The zero-order chi connectivity index (χ0) is 18.0. The van der Waals surface area contributed by atoms with E-state index in [2.05, 4.69) is 5.32 Å². The number of carbonyl (C=O) groups is 1. The Kier molecular flexibility index (Phi) is 5.28. The van der Waals surface area contributed by atoms with E-state index in [1.165, 1.54) is 0 Å². The third kappa shape index (κ3) is 4.12. The van der Waals surface area contributed by atoms with Gasteiger partial charge >= 0.3 is 6.09 Å². The second-order valence-electron chi connectivity index (χ2n) is 7.24. The third-order valence-electron chi connectivity index (χ3n) is 4.19. The minimum Gasteiger partial charge on any atom is -0.493 e. The molecule has 0 saturated heterocycles. The first-order valence-corrected chi connectivity index (χ1v) is 8.24. The number of hydrogen-bond donors (Lipinski definition) is 2. The molecule has 0 radical (unpaired) electrons. The van der Waals surface area contributed by atoms with Crippen molar-refractivity contribution in [1.29, 1.82) is 0 Å². The van der Waals surface area contributed by atoms with E-state index < -0.39 is 17.2 Å². The van der Waals surface area contributed by atoms with E-state index in [1.54, 1.807) is 20.3 Å². The molecule has 1 fully saturated rings. The van der Waals surface area contributed by atoms with Crippen molar-refractivity contribution in [3.05, 3.63) is 17.7 Å². The minimum atomic E-state index is -0.575. The van der Waals surface area contributed by atoms with Crippen LogP contribution in [-0.2, 0) is 10.3 Å². The largest absolute Gasteiger partial charge is 0.493 e. The molecule has 134 valence electrons. The highest BCUT2D eigenvalue weighted by Crippen LogP contribution is 2.44. The van der Waals surface area contributed by atoms with Crippen molar-refractivity contribution in [3.8, 4) is 11.5 Å². The van der Waals surface area contributed by atoms with Crippen LogP contribution in [0.1, 0.15) is 52.0 Å². The molecule has 0 bridgehead atoms. The monoisotopic (exact) mass is 336 g/mol. The zero-order valence-corrected chi connectivity index (χ0v) is 15.2. The lowest BCUT2D eigenvalue weighted by Gasteiger charge is -2.29. The maximum absolute atomic E-state index is 12.2. The molecule has 0 atom stereocenters. The molecule has 0 spiro atoms. The summed E-state index contributed by atoms with van der Waals surface area (Å²) in [6.07, 6.45) is 3.35. The van der Waals surface area contributed by atoms with Crippen molar-refractivity contribution in [2.45, 2.75) is 57.6 Å². The van der Waals surface area contributed by atoms with Crippen LogP contribution in [0.3, 0.4) is 0 Å². The van der Waals surface area contributed by atoms with Crippen molar-refractivity contribution in [3.63, 3.8) is 0 Å². The Morgan fingerprint density at radius 2 is 1.67 bits per heavy atom. The summed E-state index contributed by atoms with van der Waals surface area (Å²) in [5.74, 6) is 1.13. The number of hydrogen-bond acceptors (Lipinski definition) is 5. The van der Waals surface area contributed by atoms with E-state index >= 15 is 0 Å². The first kappa shape index (κ1) is 18.4. The number of rotatable bonds is 4. The number of nitrogens with one attached hydrogen (secondary N) is 1. The van der Waals surface area contributed by atoms with Gasteiger partial charge in [-0.2, -0.15) is 0 Å². The molecule has 1 amide bonds. The summed E-state index contributed by atoms with van der Waals surface area (Å²) in [6, 6.07) is 3.60. The summed E-state index contributed by atoms with van der Waals surface area (Å²) >= 11 is 0. The van der Waals surface area contributed by atoms with Gasteiger partial charge in [0.2, 0.25) is 0 Å². The molecule has 3 N–H and O–H groups in total. The summed E-state index contributed by atoms with van der Waals surface area (Å²) in [5, 5.41) is 2.82. The predicted octanol–water partition coefficient (Wildman–Crippen LogP) is 3.78. The minimum absolute atomic E-state index is 0.482. The van der Waals surface area contributed by atoms with Crippen LogP contribution >= 0.6 is 0 Å². The molecule has 0 heterocycles. The second-order valence-corrected chi connectivity index (χ2v) is 7.24. The van der Waals surface area contributed by atoms with Crippen LogP contribution in [0.4, 0.5) is 10.5 Å². The smallest absolute Gasteiger partial charge is 0.412 e. The van der Waals surface area contributed by atoms with Crippen molar-refractivity contribution in [2.24, 2.45) is 5.73 Å². The molecule has 6 nitrogen and oxygen atoms in total. The van der Waals surface area contributed by atoms with E-state index in [4.69, 9.17) is 19.9 Å². The van der Waals surface area contributed by atoms with E-state index in [9.17, 15) is 4.79 Å². The Morgan fingerprint density at radius 1 is 1.12 bits per heavy atom. The van der Waals surface area contributed by atoms with Crippen LogP contribution in [0.5, 0.6) is 11.5 Å². The molecule has 1 aromatic carbocycles. The van der Waals surface area contributed by atoms with Crippen LogP contribution in [0.15, 0.2) is 12.1 Å². The van der Waals surface area contributed by atoms with Crippen molar-refractivity contribution < 1.29 is 19.0 Å². The van der Waals surface area contributed by atoms with E-state index in [-0.39, 0.29) is 0 Å². The molecular weight excluding hydrogens is 308 g/mol. The van der Waals surface area contributed by atoms with Gasteiger partial charge in [0, 0.05) is 11.6 Å². The highest BCUT2D eigenvalue weighted by atomic mass is 16.6. The summed E-state index contributed by atoms with van der Waals surface area (Å²) in [6.45, 7) is 5.47. The quantitative estimate of drug-likeness (QED) is 0.874. The van der Waals surface area contributed by atoms with Gasteiger partial charge in [-0.1, -0.05) is 12.8 Å². The summed E-state index contributed by atoms with van der Waals surface area (Å²) < 4.78 is 16.1. The molecule has 0 aliphatic heterocycles. The molecular formula is C18H28N2O4. The zero-order valence-electron chi connectivity index (χ0n) is 15.2. The average Bonchev–Trinajstić information content (AvgIpc) is 2.92. The molecule has 0 aromatic heterocycles. The van der Waals surface area contributed by atoms with Gasteiger partial charge in [-0.3, -0.25) is 5.32 Å². The summed E-state index contributed by atoms with van der Waals surface area (Å²) in [7, 11) is 3.14. The van der Waals surface area contributed by atoms with Gasteiger partial charge in [0.1, 0.15) is 5.60 Å². The van der Waals surface area contributed by atoms with Crippen molar-refractivity contribution in [2.75, 3.05) is 19.5 Å². The molecule has 1 aromatic rings. The van der Waals surface area contributed by atoms with Gasteiger partial charge in [-0.05, 0) is 45.2 Å². The van der Waals surface area contributed by atoms with Crippen LogP contribution in [0.2, 0.25) is 0 Å². The Labute approximate surface area is 143 Å². The fraction of sp³-hybridized carbons (Fsp3) is 0.611. The number of anilines is 1. The number of nitrogens with two attached hydrogens (primary N) is 1. The number of benzene rings is 1. The van der Waals surface area contributed by atoms with Crippen molar-refractivity contribution in [1.82, 2.24) is 0 Å². The van der Waals surface area contributed by atoms with Crippen LogP contribution in [0.25, 0.3) is 0 Å². The number of methoxy groups -OCH3 is 2. The van der Waals surface area contributed by atoms with E-state index in [0.29, 0.717) is 17.2 Å². The Balaban J connectivity index is 2.41. The van der Waals surface area contributed by atoms with Crippen LogP contribution in [0, 0.1) is 0 Å². The molecule has 0 unspecified atom stereocenters. The first-order chi connectivity index (χ1) is 11.2. The van der Waals surface area contributed by atoms with Gasteiger partial charge in [0.25, 0.3) is 0 Å². The molecule has 1 aliphatic rings. The van der Waals surface area contributed by atoms with Crippen molar-refractivity contribution >= 4 is 11.8 Å². The Morgan fingerprint density at radius 3 is 2.17 bits per heavy atom. The maximum atomic E-state index is 12.2. The van der Waals surface area contributed by atoms with Gasteiger partial charge in [0.15, 0.2) is 11.5 Å². The fourth-order valence-electron chi connectivity index (χ4n) is 3.08. The molecule has 1 saturated carbocycles. The highest BCUT2D eigenvalue weighted by Gasteiger charge is 2.35. The lowest BCUT2D eigenvalue weighted by atomic mass is 9.87. The molecule has 1 aliphatic carbocycles. The number of ether oxygens (including phenoxy) is 3. The van der Waals surface area contributed by atoms with Gasteiger partial charge in [0.05, 0.1) is 19.9 Å². The number of amides is 1. The van der Waals surface area contributed by atoms with E-state index in [0.717, 1.165) is 31.2 Å². The van der Waals surface area contributed by atoms with E-state index in [1.807, 2.05) is 26.8 Å². The predicted molar refractivity (Wildman–Crippen MR) is 93.7 cm³/mol. The summed E-state index contributed by atoms with van der Waals surface area (Å²) in [4.78, 5) is 12.2. The van der Waals surface area contributed by atoms with Gasteiger partial charge < -0.3 is 19.9 Å². The third-order valence-corrected chi connectivity index (χ3v) is 4.19. The lowest BCUT2D eigenvalue weighted by Crippen LogP contribution is -2.35. The standard InChI is InChI=1S/C18H28N2O4/c1-17(2,3)24-16(21)20-13-11-15(23-5)14(22-4)10-12(13)18(19)8-6-7-9-18/h10-11H,6-9,19H2,1-5H3,(H,20,21). The molecule has 2 rings (SSSR count). The topological polar surface area (TPSA) is 82.8 Å². The van der Waals surface area contributed by atoms with Crippen LogP contribution in [-0.4, -0.2) is 25.9 Å². The SMILES string of the molecule is COc1cc(NC(=O)OC(C)(C)C)c(C2(N)CCCC2)cc1OC. The first-order valence-electron chi connectivity index (χ1n) is 8.24. The lowest BCUT2D eigenvalue weighted by molar-refractivity contribution is 0.0635. The highest BCUT2D eigenvalue weighted by molar-refractivity contribution is 5.87. The fourth-order valence-corrected chi connectivity index (χ4v) is 3.08. The van der Waals surface area contributed by atoms with Gasteiger partial charge in [-0.15, -0.1) is 0 Å². The van der Waals surface area contributed by atoms with Crippen LogP contribution < -0.4 is 20.5 Å².